The first-order valence-corrected chi connectivity index (χ1v) is 8.92. The van der Waals surface area contributed by atoms with Crippen LogP contribution < -0.4 is 16.6 Å². The Bertz CT molecular complexity index is 958. The summed E-state index contributed by atoms with van der Waals surface area (Å²) in [4.78, 5) is 39.0. The average Bonchev–Trinajstić information content (AvgIpc) is 2.58. The molecule has 0 saturated heterocycles. The molecular weight excluding hydrogens is 358 g/mol. The van der Waals surface area contributed by atoms with Gasteiger partial charge in [-0.05, 0) is 37.5 Å². The van der Waals surface area contributed by atoms with Crippen LogP contribution in [0, 0.1) is 6.92 Å². The number of aromatic amines is 1. The molecule has 0 aliphatic heterocycles. The van der Waals surface area contributed by atoms with Gasteiger partial charge in [0, 0.05) is 11.1 Å². The molecule has 138 valence electrons. The Labute approximate surface area is 154 Å². The highest BCUT2D eigenvalue weighted by atomic mass is 35.5. The molecule has 1 amide bonds. The number of nitrogens with one attached hydrogen (secondary N) is 2. The van der Waals surface area contributed by atoms with Crippen LogP contribution in [0.4, 0.5) is 0 Å². The summed E-state index contributed by atoms with van der Waals surface area (Å²) in [6.45, 7) is 1.80. The molecule has 3 rings (SSSR count). The summed E-state index contributed by atoms with van der Waals surface area (Å²) < 4.78 is 0.864. The maximum atomic E-state index is 12.5. The second-order valence-corrected chi connectivity index (χ2v) is 6.94. The highest BCUT2D eigenvalue weighted by Gasteiger charge is 2.24. The Balaban J connectivity index is 2.03. The number of nitrogens with zero attached hydrogens (tertiary/aromatic N) is 1. The predicted molar refractivity (Wildman–Crippen MR) is 98.4 cm³/mol. The minimum atomic E-state index is -0.921. The van der Waals surface area contributed by atoms with E-state index < -0.39 is 28.6 Å². The van der Waals surface area contributed by atoms with Crippen LogP contribution in [0.1, 0.15) is 48.0 Å². The fourth-order valence-electron chi connectivity index (χ4n) is 3.19. The first-order chi connectivity index (χ1) is 12.4. The Morgan fingerprint density at radius 1 is 1.27 bits per heavy atom. The minimum absolute atomic E-state index is 0.0377. The average molecular weight is 378 g/mol. The number of aromatic nitrogens is 2. The van der Waals surface area contributed by atoms with Crippen LogP contribution in [0.3, 0.4) is 0 Å². The van der Waals surface area contributed by atoms with Crippen LogP contribution in [-0.2, 0) is 0 Å². The SMILES string of the molecule is Cc1ccc(-n2c(O)c(C(=O)NC3CCCCC3)c(=O)[nH]c2=O)cc1Cl. The fraction of sp³-hybridized carbons (Fsp3) is 0.389. The number of carbonyl (C=O) groups excluding carboxylic acids is 1. The van der Waals surface area contributed by atoms with Crippen molar-refractivity contribution in [3.05, 3.63) is 55.2 Å². The first kappa shape index (κ1) is 18.3. The number of aromatic hydroxyl groups is 1. The lowest BCUT2D eigenvalue weighted by molar-refractivity contribution is 0.0922. The molecule has 1 aliphatic carbocycles. The Kier molecular flexibility index (Phi) is 5.18. The molecule has 26 heavy (non-hydrogen) atoms. The number of H-pyrrole nitrogens is 1. The molecule has 1 fully saturated rings. The van der Waals surface area contributed by atoms with Gasteiger partial charge >= 0.3 is 5.69 Å². The normalized spacial score (nSPS) is 15.0. The molecule has 2 aromatic rings. The van der Waals surface area contributed by atoms with E-state index in [1.807, 2.05) is 0 Å². The van der Waals surface area contributed by atoms with Crippen LogP contribution in [0.25, 0.3) is 5.69 Å². The summed E-state index contributed by atoms with van der Waals surface area (Å²) in [6.07, 6.45) is 4.80. The largest absolute Gasteiger partial charge is 0.493 e. The molecule has 1 saturated carbocycles. The molecule has 7 nitrogen and oxygen atoms in total. The maximum Gasteiger partial charge on any atom is 0.335 e. The van der Waals surface area contributed by atoms with Crippen molar-refractivity contribution >= 4 is 17.5 Å². The third-order valence-electron chi connectivity index (χ3n) is 4.67. The smallest absolute Gasteiger partial charge is 0.335 e. The van der Waals surface area contributed by atoms with Gasteiger partial charge in [0.2, 0.25) is 5.88 Å². The van der Waals surface area contributed by atoms with E-state index in [9.17, 15) is 19.5 Å². The minimum Gasteiger partial charge on any atom is -0.493 e. The van der Waals surface area contributed by atoms with Gasteiger partial charge in [-0.25, -0.2) is 9.36 Å². The number of carbonyl (C=O) groups is 1. The number of hydrogen-bond donors (Lipinski definition) is 3. The summed E-state index contributed by atoms with van der Waals surface area (Å²) >= 11 is 6.08. The van der Waals surface area contributed by atoms with E-state index >= 15 is 0 Å². The molecule has 1 aromatic heterocycles. The molecule has 0 bridgehead atoms. The Hall–Kier alpha value is -2.54. The molecule has 0 radical (unpaired) electrons. The summed E-state index contributed by atoms with van der Waals surface area (Å²) in [5.74, 6) is -1.39. The molecule has 1 aliphatic rings. The van der Waals surface area contributed by atoms with Gasteiger partial charge in [0.15, 0.2) is 5.56 Å². The summed E-state index contributed by atoms with van der Waals surface area (Å²) in [7, 11) is 0. The van der Waals surface area contributed by atoms with Crippen LogP contribution in [0.2, 0.25) is 5.02 Å². The number of benzene rings is 1. The lowest BCUT2D eigenvalue weighted by Crippen LogP contribution is -2.41. The predicted octanol–water partition coefficient (Wildman–Crippen LogP) is 2.26. The third kappa shape index (κ3) is 3.53. The van der Waals surface area contributed by atoms with E-state index in [1.54, 1.807) is 19.1 Å². The van der Waals surface area contributed by atoms with E-state index in [0.717, 1.165) is 42.2 Å². The van der Waals surface area contributed by atoms with Crippen molar-refractivity contribution in [3.8, 4) is 11.6 Å². The van der Waals surface area contributed by atoms with E-state index in [-0.39, 0.29) is 11.7 Å². The van der Waals surface area contributed by atoms with E-state index in [0.29, 0.717) is 5.02 Å². The topological polar surface area (TPSA) is 104 Å². The van der Waals surface area contributed by atoms with E-state index in [4.69, 9.17) is 11.6 Å². The Morgan fingerprint density at radius 2 is 1.96 bits per heavy atom. The first-order valence-electron chi connectivity index (χ1n) is 8.54. The number of rotatable bonds is 3. The quantitative estimate of drug-likeness (QED) is 0.763. The number of halogens is 1. The summed E-state index contributed by atoms with van der Waals surface area (Å²) in [5, 5.41) is 13.7. The van der Waals surface area contributed by atoms with Crippen molar-refractivity contribution in [3.63, 3.8) is 0 Å². The molecule has 0 unspecified atom stereocenters. The van der Waals surface area contributed by atoms with Crippen LogP contribution >= 0.6 is 11.6 Å². The fourth-order valence-corrected chi connectivity index (χ4v) is 3.37. The second-order valence-electron chi connectivity index (χ2n) is 6.54. The van der Waals surface area contributed by atoms with Gasteiger partial charge in [-0.1, -0.05) is 36.9 Å². The van der Waals surface area contributed by atoms with Gasteiger partial charge in [0.05, 0.1) is 5.69 Å². The molecular formula is C18H20ClN3O4. The van der Waals surface area contributed by atoms with Gasteiger partial charge in [-0.2, -0.15) is 0 Å². The van der Waals surface area contributed by atoms with Crippen molar-refractivity contribution in [1.82, 2.24) is 14.9 Å². The molecule has 3 N–H and O–H groups in total. The number of aryl methyl sites for hydroxylation is 1. The highest BCUT2D eigenvalue weighted by molar-refractivity contribution is 6.31. The van der Waals surface area contributed by atoms with Crippen molar-refractivity contribution in [2.24, 2.45) is 0 Å². The molecule has 8 heteroatoms. The van der Waals surface area contributed by atoms with Crippen molar-refractivity contribution in [2.45, 2.75) is 45.1 Å². The maximum absolute atomic E-state index is 12.5. The molecule has 0 spiro atoms. The van der Waals surface area contributed by atoms with Gasteiger partial charge in [0.1, 0.15) is 0 Å². The van der Waals surface area contributed by atoms with Gasteiger partial charge in [0.25, 0.3) is 11.5 Å². The number of hydrogen-bond acceptors (Lipinski definition) is 4. The number of amides is 1. The highest BCUT2D eigenvalue weighted by Crippen LogP contribution is 2.23. The zero-order chi connectivity index (χ0) is 18.8. The molecule has 0 atom stereocenters. The second kappa shape index (κ2) is 7.37. The zero-order valence-corrected chi connectivity index (χ0v) is 15.1. The zero-order valence-electron chi connectivity index (χ0n) is 14.3. The monoisotopic (exact) mass is 377 g/mol. The van der Waals surface area contributed by atoms with Crippen LogP contribution in [0.15, 0.2) is 27.8 Å². The van der Waals surface area contributed by atoms with Crippen LogP contribution in [0.5, 0.6) is 5.88 Å². The van der Waals surface area contributed by atoms with Crippen molar-refractivity contribution < 1.29 is 9.90 Å². The van der Waals surface area contributed by atoms with E-state index in [1.165, 1.54) is 6.07 Å². The Morgan fingerprint density at radius 3 is 2.62 bits per heavy atom. The van der Waals surface area contributed by atoms with Crippen molar-refractivity contribution in [1.29, 1.82) is 0 Å². The van der Waals surface area contributed by atoms with Crippen LogP contribution in [-0.4, -0.2) is 26.6 Å². The van der Waals surface area contributed by atoms with E-state index in [2.05, 4.69) is 10.3 Å². The molecule has 1 heterocycles. The summed E-state index contributed by atoms with van der Waals surface area (Å²) in [5.41, 5.74) is -1.20. The molecule has 1 aromatic carbocycles. The lowest BCUT2D eigenvalue weighted by atomic mass is 9.95. The van der Waals surface area contributed by atoms with Crippen molar-refractivity contribution in [2.75, 3.05) is 0 Å². The lowest BCUT2D eigenvalue weighted by Gasteiger charge is -2.22. The third-order valence-corrected chi connectivity index (χ3v) is 5.07. The van der Waals surface area contributed by atoms with Gasteiger partial charge in [-0.15, -0.1) is 0 Å². The van der Waals surface area contributed by atoms with Gasteiger partial charge < -0.3 is 10.4 Å². The standard InChI is InChI=1S/C18H20ClN3O4/c1-10-7-8-12(9-13(10)19)22-17(25)14(16(24)21-18(22)26)15(23)20-11-5-3-2-4-6-11/h7-9,11,25H,2-6H2,1H3,(H,20,23)(H,21,24,26). The van der Waals surface area contributed by atoms with Gasteiger partial charge in [-0.3, -0.25) is 14.6 Å². The summed E-state index contributed by atoms with van der Waals surface area (Å²) in [6, 6.07) is 4.70.